The van der Waals surface area contributed by atoms with Crippen molar-refractivity contribution in [2.45, 2.75) is 11.1 Å². The molecule has 0 aliphatic rings. The van der Waals surface area contributed by atoms with Crippen molar-refractivity contribution >= 4 is 17.6 Å². The van der Waals surface area contributed by atoms with Crippen LogP contribution in [0.1, 0.15) is 5.56 Å². The molecule has 6 heteroatoms. The van der Waals surface area contributed by atoms with Crippen molar-refractivity contribution in [2.75, 3.05) is 19.8 Å². The number of hydrogen-bond donors (Lipinski definition) is 1. The summed E-state index contributed by atoms with van der Waals surface area (Å²) in [5, 5.41) is 0. The van der Waals surface area contributed by atoms with Gasteiger partial charge in [0.1, 0.15) is 0 Å². The van der Waals surface area contributed by atoms with Crippen LogP contribution in [0.5, 0.6) is 0 Å². The van der Waals surface area contributed by atoms with Crippen molar-refractivity contribution < 1.29 is 13.2 Å². The van der Waals surface area contributed by atoms with E-state index in [9.17, 15) is 13.2 Å². The van der Waals surface area contributed by atoms with Gasteiger partial charge in [0.25, 0.3) is 0 Å². The van der Waals surface area contributed by atoms with Crippen LogP contribution in [0.25, 0.3) is 0 Å². The lowest BCUT2D eigenvalue weighted by Crippen LogP contribution is -2.07. The summed E-state index contributed by atoms with van der Waals surface area (Å²) in [6.07, 6.45) is -4.35. The third-order valence-corrected chi connectivity index (χ3v) is 2.36. The van der Waals surface area contributed by atoms with Gasteiger partial charge in [0, 0.05) is 10.6 Å². The fourth-order valence-electron chi connectivity index (χ4n) is 1.05. The lowest BCUT2D eigenvalue weighted by Gasteiger charge is -2.12. The summed E-state index contributed by atoms with van der Waals surface area (Å²) in [6, 6.07) is 3.53. The van der Waals surface area contributed by atoms with E-state index in [1.54, 1.807) is 18.4 Å². The SMILES string of the molecule is CN(C)Sc1cc(N)cc(C(F)(F)F)c1. The predicted molar refractivity (Wildman–Crippen MR) is 55.4 cm³/mol. The minimum Gasteiger partial charge on any atom is -0.399 e. The molecule has 0 fully saturated rings. The molecule has 0 atom stereocenters. The van der Waals surface area contributed by atoms with Crippen LogP contribution in [0, 0.1) is 0 Å². The van der Waals surface area contributed by atoms with E-state index in [1.165, 1.54) is 18.0 Å². The van der Waals surface area contributed by atoms with Gasteiger partial charge in [-0.05, 0) is 44.2 Å². The maximum atomic E-state index is 12.4. The smallest absolute Gasteiger partial charge is 0.399 e. The van der Waals surface area contributed by atoms with Gasteiger partial charge < -0.3 is 5.73 Å². The van der Waals surface area contributed by atoms with Crippen LogP contribution in [0.2, 0.25) is 0 Å². The molecule has 0 aliphatic heterocycles. The Morgan fingerprint density at radius 3 is 2.27 bits per heavy atom. The van der Waals surface area contributed by atoms with E-state index in [1.807, 2.05) is 0 Å². The van der Waals surface area contributed by atoms with Gasteiger partial charge in [0.05, 0.1) is 5.56 Å². The zero-order valence-corrected chi connectivity index (χ0v) is 9.12. The number of anilines is 1. The Hall–Kier alpha value is -0.880. The summed E-state index contributed by atoms with van der Waals surface area (Å²) in [6.45, 7) is 0. The van der Waals surface area contributed by atoms with Crippen LogP contribution in [-0.2, 0) is 6.18 Å². The zero-order chi connectivity index (χ0) is 11.6. The summed E-state index contributed by atoms with van der Waals surface area (Å²) >= 11 is 1.20. The van der Waals surface area contributed by atoms with Gasteiger partial charge in [-0.1, -0.05) is 0 Å². The molecule has 0 bridgehead atoms. The molecule has 1 aromatic carbocycles. The molecular weight excluding hydrogens is 225 g/mol. The maximum Gasteiger partial charge on any atom is 0.416 e. The maximum absolute atomic E-state index is 12.4. The minimum absolute atomic E-state index is 0.120. The second-order valence-corrected chi connectivity index (χ2v) is 4.58. The average molecular weight is 236 g/mol. The summed E-state index contributed by atoms with van der Waals surface area (Å²) in [5.74, 6) is 0. The quantitative estimate of drug-likeness (QED) is 0.632. The molecule has 0 unspecified atom stereocenters. The number of nitrogens with zero attached hydrogens (tertiary/aromatic N) is 1. The molecule has 0 spiro atoms. The van der Waals surface area contributed by atoms with E-state index in [-0.39, 0.29) is 5.69 Å². The Morgan fingerprint density at radius 2 is 1.80 bits per heavy atom. The first-order valence-corrected chi connectivity index (χ1v) is 4.89. The number of nitrogens with two attached hydrogens (primary N) is 1. The van der Waals surface area contributed by atoms with Crippen molar-refractivity contribution in [3.8, 4) is 0 Å². The van der Waals surface area contributed by atoms with Gasteiger partial charge in [-0.25, -0.2) is 0 Å². The standard InChI is InChI=1S/C9H11F3N2S/c1-14(2)15-8-4-6(9(10,11)12)3-7(13)5-8/h3-5H,13H2,1-2H3. The Kier molecular flexibility index (Phi) is 3.51. The molecule has 0 radical (unpaired) electrons. The zero-order valence-electron chi connectivity index (χ0n) is 8.30. The number of alkyl halides is 3. The minimum atomic E-state index is -4.35. The topological polar surface area (TPSA) is 29.3 Å². The van der Waals surface area contributed by atoms with E-state index in [2.05, 4.69) is 0 Å². The predicted octanol–water partition coefficient (Wildman–Crippen LogP) is 2.86. The molecule has 84 valence electrons. The molecule has 0 aromatic heterocycles. The van der Waals surface area contributed by atoms with Crippen LogP contribution >= 0.6 is 11.9 Å². The van der Waals surface area contributed by atoms with Crippen LogP contribution in [0.15, 0.2) is 23.1 Å². The lowest BCUT2D eigenvalue weighted by molar-refractivity contribution is -0.137. The van der Waals surface area contributed by atoms with E-state index >= 15 is 0 Å². The van der Waals surface area contributed by atoms with Gasteiger partial charge in [-0.2, -0.15) is 13.2 Å². The highest BCUT2D eigenvalue weighted by Gasteiger charge is 2.31. The molecule has 0 aliphatic carbocycles. The van der Waals surface area contributed by atoms with Gasteiger partial charge >= 0.3 is 6.18 Å². The van der Waals surface area contributed by atoms with Crippen LogP contribution in [0.4, 0.5) is 18.9 Å². The Bertz CT molecular complexity index is 350. The van der Waals surface area contributed by atoms with Crippen molar-refractivity contribution in [1.29, 1.82) is 0 Å². The third kappa shape index (κ3) is 3.64. The number of hydrogen-bond acceptors (Lipinski definition) is 3. The molecule has 1 rings (SSSR count). The van der Waals surface area contributed by atoms with Crippen molar-refractivity contribution in [3.63, 3.8) is 0 Å². The average Bonchev–Trinajstić information content (AvgIpc) is 1.99. The largest absolute Gasteiger partial charge is 0.416 e. The molecule has 0 saturated heterocycles. The monoisotopic (exact) mass is 236 g/mol. The summed E-state index contributed by atoms with van der Waals surface area (Å²) in [4.78, 5) is 0.479. The molecule has 0 heterocycles. The van der Waals surface area contributed by atoms with Crippen LogP contribution in [-0.4, -0.2) is 18.4 Å². The third-order valence-electron chi connectivity index (χ3n) is 1.54. The fourth-order valence-corrected chi connectivity index (χ4v) is 1.84. The first-order valence-electron chi connectivity index (χ1n) is 4.12. The highest BCUT2D eigenvalue weighted by Crippen LogP contribution is 2.34. The Morgan fingerprint density at radius 1 is 1.20 bits per heavy atom. The number of benzene rings is 1. The highest BCUT2D eigenvalue weighted by molar-refractivity contribution is 7.97. The van der Waals surface area contributed by atoms with Gasteiger partial charge in [0.2, 0.25) is 0 Å². The number of halogens is 3. The molecule has 2 N–H and O–H groups in total. The van der Waals surface area contributed by atoms with E-state index in [0.717, 1.165) is 12.1 Å². The first kappa shape index (κ1) is 12.2. The van der Waals surface area contributed by atoms with Gasteiger partial charge in [-0.3, -0.25) is 4.31 Å². The lowest BCUT2D eigenvalue weighted by atomic mass is 10.2. The highest BCUT2D eigenvalue weighted by atomic mass is 32.2. The molecule has 1 aromatic rings. The van der Waals surface area contributed by atoms with Gasteiger partial charge in [0.15, 0.2) is 0 Å². The second kappa shape index (κ2) is 4.32. The van der Waals surface area contributed by atoms with Crippen LogP contribution < -0.4 is 5.73 Å². The van der Waals surface area contributed by atoms with Crippen molar-refractivity contribution in [1.82, 2.24) is 4.31 Å². The first-order chi connectivity index (χ1) is 6.79. The van der Waals surface area contributed by atoms with Crippen molar-refractivity contribution in [2.24, 2.45) is 0 Å². The normalized spacial score (nSPS) is 12.1. The van der Waals surface area contributed by atoms with E-state index < -0.39 is 11.7 Å². The summed E-state index contributed by atoms with van der Waals surface area (Å²) in [5.41, 5.74) is 4.80. The number of rotatable bonds is 2. The molecule has 2 nitrogen and oxygen atoms in total. The molecule has 0 amide bonds. The Balaban J connectivity index is 3.06. The molecule has 15 heavy (non-hydrogen) atoms. The van der Waals surface area contributed by atoms with E-state index in [0.29, 0.717) is 4.90 Å². The van der Waals surface area contributed by atoms with Crippen molar-refractivity contribution in [3.05, 3.63) is 23.8 Å². The summed E-state index contributed by atoms with van der Waals surface area (Å²) < 4.78 is 38.9. The van der Waals surface area contributed by atoms with Crippen LogP contribution in [0.3, 0.4) is 0 Å². The number of nitrogen functional groups attached to an aromatic ring is 1. The summed E-state index contributed by atoms with van der Waals surface area (Å²) in [7, 11) is 3.50. The molecular formula is C9H11F3N2S. The fraction of sp³-hybridized carbons (Fsp3) is 0.333. The Labute approximate surface area is 90.4 Å². The van der Waals surface area contributed by atoms with E-state index in [4.69, 9.17) is 5.73 Å². The second-order valence-electron chi connectivity index (χ2n) is 3.19. The molecule has 0 saturated carbocycles. The van der Waals surface area contributed by atoms with Gasteiger partial charge in [-0.15, -0.1) is 0 Å².